The Hall–Kier alpha value is -3.93. The number of nitro groups is 1. The predicted molar refractivity (Wildman–Crippen MR) is 118 cm³/mol. The number of rotatable bonds is 7. The first-order chi connectivity index (χ1) is 16.1. The van der Waals surface area contributed by atoms with Crippen LogP contribution in [0.4, 0.5) is 34.6 Å². The fourth-order valence-corrected chi connectivity index (χ4v) is 3.70. The average Bonchev–Trinajstić information content (AvgIpc) is 2.80. The Balaban J connectivity index is 1.69. The highest BCUT2D eigenvalue weighted by atomic mass is 32.2. The Bertz CT molecular complexity index is 1260. The smallest absolute Gasteiger partial charge is 0.270 e. The van der Waals surface area contributed by atoms with Crippen molar-refractivity contribution in [3.05, 3.63) is 93.5 Å². The molecule has 0 heterocycles. The van der Waals surface area contributed by atoms with Crippen LogP contribution in [-0.2, 0) is 4.79 Å². The van der Waals surface area contributed by atoms with E-state index in [0.29, 0.717) is 10.6 Å². The summed E-state index contributed by atoms with van der Waals surface area (Å²) in [5.74, 6) is -8.27. The van der Waals surface area contributed by atoms with Crippen molar-refractivity contribution in [3.63, 3.8) is 0 Å². The molecule has 0 saturated heterocycles. The fraction of sp³-hybridized carbons (Fsp3) is 0.0909. The number of nitro benzene ring substituents is 1. The van der Waals surface area contributed by atoms with E-state index in [-0.39, 0.29) is 17.3 Å². The van der Waals surface area contributed by atoms with E-state index in [0.717, 1.165) is 17.8 Å². The van der Waals surface area contributed by atoms with Crippen LogP contribution in [0.15, 0.2) is 59.5 Å². The van der Waals surface area contributed by atoms with Crippen LogP contribution in [0.2, 0.25) is 0 Å². The van der Waals surface area contributed by atoms with Crippen LogP contribution >= 0.6 is 11.8 Å². The number of halogens is 4. The number of nitrogens with one attached hydrogen (secondary N) is 2. The van der Waals surface area contributed by atoms with Gasteiger partial charge in [-0.25, -0.2) is 17.6 Å². The number of hydrogen-bond donors (Lipinski definition) is 2. The van der Waals surface area contributed by atoms with E-state index in [9.17, 15) is 37.3 Å². The maximum atomic E-state index is 13.8. The van der Waals surface area contributed by atoms with Gasteiger partial charge in [0.1, 0.15) is 5.69 Å². The maximum Gasteiger partial charge on any atom is 0.270 e. The van der Waals surface area contributed by atoms with Gasteiger partial charge < -0.3 is 10.6 Å². The minimum absolute atomic E-state index is 0.0337. The molecular formula is C22H15F4N3O4S. The second-order valence-electron chi connectivity index (χ2n) is 6.88. The molecule has 0 aliphatic carbocycles. The monoisotopic (exact) mass is 493 g/mol. The largest absolute Gasteiger partial charge is 0.322 e. The fourth-order valence-electron chi connectivity index (χ4n) is 2.78. The number of anilines is 2. The van der Waals surface area contributed by atoms with Crippen molar-refractivity contribution < 1.29 is 32.1 Å². The molecule has 2 N–H and O–H groups in total. The lowest BCUT2D eigenvalue weighted by Gasteiger charge is -2.14. The zero-order valence-electron chi connectivity index (χ0n) is 17.3. The van der Waals surface area contributed by atoms with Crippen LogP contribution in [-0.4, -0.2) is 22.0 Å². The predicted octanol–water partition coefficient (Wildman–Crippen LogP) is 5.52. The Kier molecular flexibility index (Phi) is 7.51. The average molecular weight is 493 g/mol. The van der Waals surface area contributed by atoms with Gasteiger partial charge in [-0.3, -0.25) is 19.7 Å². The minimum atomic E-state index is -1.73. The minimum Gasteiger partial charge on any atom is -0.322 e. The molecule has 2 amide bonds. The summed E-state index contributed by atoms with van der Waals surface area (Å²) in [6.07, 6.45) is 0. The first-order valence-electron chi connectivity index (χ1n) is 9.53. The summed E-state index contributed by atoms with van der Waals surface area (Å²) in [5.41, 5.74) is -1.10. The second kappa shape index (κ2) is 10.3. The van der Waals surface area contributed by atoms with Crippen LogP contribution in [0.25, 0.3) is 0 Å². The molecule has 0 saturated carbocycles. The number of non-ortho nitro benzene ring substituents is 1. The summed E-state index contributed by atoms with van der Waals surface area (Å²) in [6, 6.07) is 11.4. The molecule has 3 rings (SSSR count). The van der Waals surface area contributed by atoms with Crippen molar-refractivity contribution in [2.75, 3.05) is 10.6 Å². The first kappa shape index (κ1) is 24.7. The molecule has 0 radical (unpaired) electrons. The number of benzene rings is 3. The summed E-state index contributed by atoms with van der Waals surface area (Å²) >= 11 is 0.949. The van der Waals surface area contributed by atoms with Crippen LogP contribution in [0.5, 0.6) is 0 Å². The number of nitrogens with zero attached hydrogens (tertiary/aromatic N) is 1. The summed E-state index contributed by atoms with van der Waals surface area (Å²) in [7, 11) is 0. The van der Waals surface area contributed by atoms with Crippen molar-refractivity contribution in [2.45, 2.75) is 17.1 Å². The van der Waals surface area contributed by atoms with Crippen LogP contribution in [0.3, 0.4) is 0 Å². The van der Waals surface area contributed by atoms with Gasteiger partial charge >= 0.3 is 0 Å². The highest BCUT2D eigenvalue weighted by Crippen LogP contribution is 2.29. The van der Waals surface area contributed by atoms with Crippen molar-refractivity contribution >= 4 is 40.6 Å². The lowest BCUT2D eigenvalue weighted by Crippen LogP contribution is -2.24. The molecule has 0 bridgehead atoms. The third kappa shape index (κ3) is 5.70. The highest BCUT2D eigenvalue weighted by molar-refractivity contribution is 8.00. The Labute approximate surface area is 194 Å². The van der Waals surface area contributed by atoms with E-state index in [1.165, 1.54) is 31.2 Å². The van der Waals surface area contributed by atoms with E-state index in [2.05, 4.69) is 5.32 Å². The standard InChI is InChI=1S/C22H15F4N3O4S/c1-11(21(30)28-20-18(25)16(23)10-17(24)19(20)26)34-15-7-3-5-13(9-15)27-22(31)12-4-2-6-14(8-12)29(32)33/h2-11H,1H3,(H,27,31)(H,28,30). The quantitative estimate of drug-likeness (QED) is 0.148. The lowest BCUT2D eigenvalue weighted by atomic mass is 10.2. The molecule has 1 unspecified atom stereocenters. The summed E-state index contributed by atoms with van der Waals surface area (Å²) < 4.78 is 54.3. The van der Waals surface area contributed by atoms with Gasteiger partial charge in [0.2, 0.25) is 5.91 Å². The van der Waals surface area contributed by atoms with E-state index < -0.39 is 50.9 Å². The van der Waals surface area contributed by atoms with Crippen LogP contribution in [0.1, 0.15) is 17.3 Å². The normalized spacial score (nSPS) is 11.6. The van der Waals surface area contributed by atoms with Crippen molar-refractivity contribution in [2.24, 2.45) is 0 Å². The van der Waals surface area contributed by atoms with Crippen LogP contribution in [0, 0.1) is 33.4 Å². The molecule has 0 aliphatic heterocycles. The van der Waals surface area contributed by atoms with Crippen LogP contribution < -0.4 is 10.6 Å². The molecule has 3 aromatic carbocycles. The van der Waals surface area contributed by atoms with Gasteiger partial charge in [-0.1, -0.05) is 12.1 Å². The molecule has 34 heavy (non-hydrogen) atoms. The third-order valence-electron chi connectivity index (χ3n) is 4.45. The Morgan fingerprint density at radius 3 is 2.24 bits per heavy atom. The SMILES string of the molecule is CC(Sc1cccc(NC(=O)c2cccc([N+](=O)[O-])c2)c1)C(=O)Nc1c(F)c(F)cc(F)c1F. The number of carbonyl (C=O) groups is 2. The van der Waals surface area contributed by atoms with Crippen molar-refractivity contribution in [1.29, 1.82) is 0 Å². The topological polar surface area (TPSA) is 101 Å². The van der Waals surface area contributed by atoms with Gasteiger partial charge in [-0.05, 0) is 31.2 Å². The van der Waals surface area contributed by atoms with Gasteiger partial charge in [-0.15, -0.1) is 11.8 Å². The lowest BCUT2D eigenvalue weighted by molar-refractivity contribution is -0.384. The molecule has 3 aromatic rings. The number of hydrogen-bond acceptors (Lipinski definition) is 5. The molecule has 12 heteroatoms. The van der Waals surface area contributed by atoms with E-state index in [1.54, 1.807) is 18.2 Å². The molecule has 0 spiro atoms. The van der Waals surface area contributed by atoms with E-state index in [1.807, 2.05) is 5.32 Å². The molecule has 0 aromatic heterocycles. The van der Waals surface area contributed by atoms with Gasteiger partial charge in [-0.2, -0.15) is 0 Å². The summed E-state index contributed by atoms with van der Waals surface area (Å²) in [6.45, 7) is 1.40. The van der Waals surface area contributed by atoms with Gasteiger partial charge in [0.05, 0.1) is 10.2 Å². The highest BCUT2D eigenvalue weighted by Gasteiger charge is 2.23. The van der Waals surface area contributed by atoms with E-state index >= 15 is 0 Å². The molecule has 176 valence electrons. The van der Waals surface area contributed by atoms with Crippen molar-refractivity contribution in [3.8, 4) is 0 Å². The molecule has 0 aliphatic rings. The first-order valence-corrected chi connectivity index (χ1v) is 10.4. The summed E-state index contributed by atoms with van der Waals surface area (Å²) in [5, 5.41) is 14.4. The zero-order chi connectivity index (χ0) is 25.0. The number of carbonyl (C=O) groups excluding carboxylic acids is 2. The third-order valence-corrected chi connectivity index (χ3v) is 5.55. The van der Waals surface area contributed by atoms with Gasteiger partial charge in [0, 0.05) is 34.3 Å². The molecular weight excluding hydrogens is 478 g/mol. The van der Waals surface area contributed by atoms with Crippen molar-refractivity contribution in [1.82, 2.24) is 0 Å². The molecule has 1 atom stereocenters. The zero-order valence-corrected chi connectivity index (χ0v) is 18.1. The molecule has 7 nitrogen and oxygen atoms in total. The van der Waals surface area contributed by atoms with E-state index in [4.69, 9.17) is 0 Å². The number of thioether (sulfide) groups is 1. The maximum absolute atomic E-state index is 13.8. The summed E-state index contributed by atoms with van der Waals surface area (Å²) in [4.78, 5) is 35.5. The van der Waals surface area contributed by atoms with Gasteiger partial charge in [0.15, 0.2) is 23.3 Å². The number of amides is 2. The molecule has 0 fully saturated rings. The second-order valence-corrected chi connectivity index (χ2v) is 8.30. The Morgan fingerprint density at radius 2 is 1.59 bits per heavy atom. The van der Waals surface area contributed by atoms with Gasteiger partial charge in [0.25, 0.3) is 11.6 Å². The Morgan fingerprint density at radius 1 is 0.941 bits per heavy atom.